The molecule has 0 bridgehead atoms. The summed E-state index contributed by atoms with van der Waals surface area (Å²) in [7, 11) is 0. The third-order valence-electron chi connectivity index (χ3n) is 1.38. The normalized spacial score (nSPS) is 10.5. The summed E-state index contributed by atoms with van der Waals surface area (Å²) < 4.78 is 11.0. The van der Waals surface area contributed by atoms with Gasteiger partial charge in [0.05, 0.1) is 6.54 Å². The quantitative estimate of drug-likeness (QED) is 0.351. The van der Waals surface area contributed by atoms with Gasteiger partial charge in [-0.2, -0.15) is 0 Å². The molecule has 0 fully saturated rings. The van der Waals surface area contributed by atoms with E-state index in [1.54, 1.807) is 12.1 Å². The number of hydrogen-bond acceptors (Lipinski definition) is 0. The minimum absolute atomic E-state index is 0.173. The van der Waals surface area contributed by atoms with E-state index in [0.717, 1.165) is 18.5 Å². The number of halogens is 5. The Labute approximate surface area is 133 Å². The van der Waals surface area contributed by atoms with Gasteiger partial charge in [-0.1, -0.05) is 12.1 Å². The second-order valence-corrected chi connectivity index (χ2v) is 132. The molecule has 1 aromatic rings. The molecule has 7 heteroatoms. The van der Waals surface area contributed by atoms with E-state index < -0.39 is 2.50 Å². The number of hydrogen-bond donors (Lipinski definition) is 1. The largest absolute Gasteiger partial charge is 0.357 e. The van der Waals surface area contributed by atoms with Crippen molar-refractivity contribution >= 4 is 77.0 Å². The van der Waals surface area contributed by atoms with Crippen LogP contribution in [0.2, 0.25) is 0 Å². The molecule has 86 valence electrons. The van der Waals surface area contributed by atoms with Crippen molar-refractivity contribution in [2.45, 2.75) is 6.42 Å². The van der Waals surface area contributed by atoms with Crippen LogP contribution in [0.25, 0.3) is 0 Å². The topological polar surface area (TPSA) is 27.6 Å². The first kappa shape index (κ1) is 17.8. The van der Waals surface area contributed by atoms with E-state index in [0.29, 0.717) is 0 Å². The summed E-state index contributed by atoms with van der Waals surface area (Å²) in [6.45, 7) is 0.867. The van der Waals surface area contributed by atoms with Gasteiger partial charge < -0.3 is 5.73 Å². The van der Waals surface area contributed by atoms with E-state index in [9.17, 15) is 4.39 Å². The SMILES string of the molecule is [I][Sn]([I])([I])[I].[NH3+]CCc1ccc(F)cc1. The van der Waals surface area contributed by atoms with Gasteiger partial charge in [-0.15, -0.1) is 0 Å². The molecule has 0 amide bonds. The molecule has 1 nitrogen and oxygen atoms in total. The Morgan fingerprint density at radius 1 is 1.07 bits per heavy atom. The monoisotopic (exact) mass is 768 g/mol. The van der Waals surface area contributed by atoms with E-state index in [1.807, 2.05) is 0 Å². The fourth-order valence-electron chi connectivity index (χ4n) is 0.855. The smallest absolute Gasteiger partial charge is 0.123 e. The van der Waals surface area contributed by atoms with E-state index in [-0.39, 0.29) is 5.82 Å². The summed E-state index contributed by atoms with van der Waals surface area (Å²) in [5.41, 5.74) is 4.86. The Balaban J connectivity index is 0.000000336. The predicted molar refractivity (Wildman–Crippen MR) is 99.7 cm³/mol. The number of rotatable bonds is 2. The Kier molecular flexibility index (Phi) is 11.6. The van der Waals surface area contributed by atoms with Gasteiger partial charge in [-0.3, -0.25) is 0 Å². The molecular weight excluding hydrogens is 755 g/mol. The van der Waals surface area contributed by atoms with Crippen LogP contribution in [0.5, 0.6) is 0 Å². The van der Waals surface area contributed by atoms with Crippen LogP contribution >= 0.6 is 74.5 Å². The summed E-state index contributed by atoms with van der Waals surface area (Å²) in [5, 5.41) is 0. The molecular formula is C8H11FI4NSn+. The molecule has 0 saturated heterocycles. The second kappa shape index (κ2) is 9.72. The molecule has 0 unspecified atom stereocenters. The minimum atomic E-state index is -1.30. The van der Waals surface area contributed by atoms with Crippen molar-refractivity contribution in [2.75, 3.05) is 6.54 Å². The Morgan fingerprint density at radius 2 is 1.47 bits per heavy atom. The van der Waals surface area contributed by atoms with Crippen molar-refractivity contribution in [1.82, 2.24) is 0 Å². The first-order chi connectivity index (χ1) is 6.83. The van der Waals surface area contributed by atoms with Crippen LogP contribution in [0.3, 0.4) is 0 Å². The van der Waals surface area contributed by atoms with Crippen molar-refractivity contribution in [3.05, 3.63) is 35.6 Å². The average Bonchev–Trinajstić information content (AvgIpc) is 2.06. The van der Waals surface area contributed by atoms with Crippen molar-refractivity contribution < 1.29 is 10.1 Å². The Bertz CT molecular complexity index is 269. The molecule has 3 N–H and O–H groups in total. The molecule has 0 aliphatic carbocycles. The zero-order valence-electron chi connectivity index (χ0n) is 7.82. The molecule has 0 saturated carbocycles. The van der Waals surface area contributed by atoms with Gasteiger partial charge in [0.15, 0.2) is 0 Å². The number of benzene rings is 1. The summed E-state index contributed by atoms with van der Waals surface area (Å²) in [6, 6.07) is 6.54. The second-order valence-electron chi connectivity index (χ2n) is 2.66. The fourth-order valence-corrected chi connectivity index (χ4v) is 0.855. The summed E-state index contributed by atoms with van der Waals surface area (Å²) in [5.74, 6) is -0.173. The Hall–Kier alpha value is 2.83. The third-order valence-corrected chi connectivity index (χ3v) is 1.38. The van der Waals surface area contributed by atoms with Crippen molar-refractivity contribution in [2.24, 2.45) is 0 Å². The van der Waals surface area contributed by atoms with Crippen molar-refractivity contribution in [3.63, 3.8) is 0 Å². The van der Waals surface area contributed by atoms with Gasteiger partial charge in [0.25, 0.3) is 0 Å². The average molecular weight is 767 g/mol. The zero-order chi connectivity index (χ0) is 11.9. The molecule has 0 radical (unpaired) electrons. The van der Waals surface area contributed by atoms with Gasteiger partial charge in [-0.05, 0) is 17.7 Å². The van der Waals surface area contributed by atoms with Crippen LogP contribution in [0.15, 0.2) is 24.3 Å². The molecule has 0 aliphatic rings. The fraction of sp³-hybridized carbons (Fsp3) is 0.250. The molecule has 1 rings (SSSR count). The first-order valence-corrected chi connectivity index (χ1v) is 37.4. The van der Waals surface area contributed by atoms with E-state index in [2.05, 4.69) is 80.3 Å². The van der Waals surface area contributed by atoms with Gasteiger partial charge in [0.1, 0.15) is 5.82 Å². The van der Waals surface area contributed by atoms with Crippen LogP contribution in [-0.2, 0) is 6.42 Å². The summed E-state index contributed by atoms with van der Waals surface area (Å²) in [4.78, 5) is 0. The van der Waals surface area contributed by atoms with Crippen LogP contribution < -0.4 is 5.73 Å². The van der Waals surface area contributed by atoms with Gasteiger partial charge in [-0.25, -0.2) is 4.39 Å². The van der Waals surface area contributed by atoms with Crippen LogP contribution in [-0.4, -0.2) is 9.05 Å². The maximum absolute atomic E-state index is 12.3. The molecule has 0 aliphatic heterocycles. The molecule has 0 atom stereocenters. The predicted octanol–water partition coefficient (Wildman–Crippen LogP) is 3.77. The zero-order valence-corrected chi connectivity index (χ0v) is 19.3. The molecule has 15 heavy (non-hydrogen) atoms. The van der Waals surface area contributed by atoms with Crippen molar-refractivity contribution in [3.8, 4) is 0 Å². The molecule has 0 spiro atoms. The van der Waals surface area contributed by atoms with Crippen LogP contribution in [0.4, 0.5) is 4.39 Å². The van der Waals surface area contributed by atoms with E-state index >= 15 is 0 Å². The van der Waals surface area contributed by atoms with E-state index in [1.165, 1.54) is 12.1 Å². The van der Waals surface area contributed by atoms with Crippen LogP contribution in [0, 0.1) is 5.82 Å². The summed E-state index contributed by atoms with van der Waals surface area (Å²) in [6.07, 6.45) is 0.931. The van der Waals surface area contributed by atoms with Gasteiger partial charge in [0.2, 0.25) is 0 Å². The van der Waals surface area contributed by atoms with E-state index in [4.69, 9.17) is 0 Å². The standard InChI is InChI=1S/C8H10FN.4HI.Sn/c9-8-3-1-7(2-4-8)5-6-10;;;;;/h1-4H,5-6,10H2;4*1H;/q;;;;;+4/p-3. The Morgan fingerprint density at radius 3 is 1.80 bits per heavy atom. The van der Waals surface area contributed by atoms with Crippen LogP contribution in [0.1, 0.15) is 5.56 Å². The molecule has 0 heterocycles. The maximum atomic E-state index is 12.3. The minimum Gasteiger partial charge on any atom is -0.357 e. The van der Waals surface area contributed by atoms with Gasteiger partial charge >= 0.3 is 77.0 Å². The van der Waals surface area contributed by atoms with Crippen molar-refractivity contribution in [1.29, 1.82) is 0 Å². The number of quaternary nitrogens is 1. The maximum Gasteiger partial charge on any atom is 0.123 e. The first-order valence-electron chi connectivity index (χ1n) is 4.12. The molecule has 0 aromatic heterocycles. The molecule has 1 aromatic carbocycles. The summed E-state index contributed by atoms with van der Waals surface area (Å²) >= 11 is 10.2. The van der Waals surface area contributed by atoms with Gasteiger partial charge in [0, 0.05) is 6.42 Å². The third kappa shape index (κ3) is 14.8.